The number of esters is 1. The highest BCUT2D eigenvalue weighted by molar-refractivity contribution is 5.84. The standard InChI is InChI=1S/C14H15N3O3/c1-2-19-14(18)12-16-13(20-17-12)11-7-9-5-3-4-6-10(9)8-15-11/h3-6,11,15H,2,7-8H2,1H3/t11-/m0/s1. The third-order valence-corrected chi connectivity index (χ3v) is 3.28. The molecule has 1 atom stereocenters. The van der Waals surface area contributed by atoms with E-state index in [0.717, 1.165) is 13.0 Å². The van der Waals surface area contributed by atoms with Crippen LogP contribution >= 0.6 is 0 Å². The molecule has 6 nitrogen and oxygen atoms in total. The summed E-state index contributed by atoms with van der Waals surface area (Å²) in [5.41, 5.74) is 2.53. The van der Waals surface area contributed by atoms with E-state index < -0.39 is 5.97 Å². The Balaban J connectivity index is 1.77. The smallest absolute Gasteiger partial charge is 0.379 e. The summed E-state index contributed by atoms with van der Waals surface area (Å²) in [6.45, 7) is 2.77. The van der Waals surface area contributed by atoms with Gasteiger partial charge in [0.25, 0.3) is 5.82 Å². The molecule has 0 bridgehead atoms. The van der Waals surface area contributed by atoms with Crippen molar-refractivity contribution < 1.29 is 14.1 Å². The number of aromatic nitrogens is 2. The van der Waals surface area contributed by atoms with Gasteiger partial charge in [-0.25, -0.2) is 4.79 Å². The lowest BCUT2D eigenvalue weighted by Gasteiger charge is -2.23. The molecule has 1 aromatic carbocycles. The average molecular weight is 273 g/mol. The fraction of sp³-hybridized carbons (Fsp3) is 0.357. The zero-order chi connectivity index (χ0) is 13.9. The molecule has 0 amide bonds. The predicted molar refractivity (Wildman–Crippen MR) is 70.0 cm³/mol. The second-order valence-electron chi connectivity index (χ2n) is 4.58. The van der Waals surface area contributed by atoms with Crippen LogP contribution in [-0.2, 0) is 17.7 Å². The molecule has 6 heteroatoms. The van der Waals surface area contributed by atoms with Crippen molar-refractivity contribution >= 4 is 5.97 Å². The number of hydrogen-bond donors (Lipinski definition) is 1. The normalized spacial score (nSPS) is 17.6. The summed E-state index contributed by atoms with van der Waals surface area (Å²) in [7, 11) is 0. The van der Waals surface area contributed by atoms with Crippen LogP contribution in [-0.4, -0.2) is 22.7 Å². The number of fused-ring (bicyclic) bond motifs is 1. The Morgan fingerprint density at radius 1 is 1.45 bits per heavy atom. The van der Waals surface area contributed by atoms with Gasteiger partial charge in [-0.1, -0.05) is 24.3 Å². The van der Waals surface area contributed by atoms with E-state index in [9.17, 15) is 4.79 Å². The Morgan fingerprint density at radius 2 is 2.25 bits per heavy atom. The average Bonchev–Trinajstić information content (AvgIpc) is 2.97. The van der Waals surface area contributed by atoms with Crippen molar-refractivity contribution in [1.82, 2.24) is 15.5 Å². The van der Waals surface area contributed by atoms with Crippen molar-refractivity contribution in [3.05, 3.63) is 47.1 Å². The van der Waals surface area contributed by atoms with Gasteiger partial charge in [0.2, 0.25) is 5.89 Å². The molecule has 0 spiro atoms. The Labute approximate surface area is 116 Å². The quantitative estimate of drug-likeness (QED) is 0.856. The lowest BCUT2D eigenvalue weighted by molar-refractivity contribution is 0.0508. The molecule has 104 valence electrons. The SMILES string of the molecule is CCOC(=O)c1noc([C@@H]2Cc3ccccc3CN2)n1. The molecule has 0 unspecified atom stereocenters. The van der Waals surface area contributed by atoms with Crippen LogP contribution in [0.4, 0.5) is 0 Å². The molecule has 2 aromatic rings. The second kappa shape index (κ2) is 5.42. The van der Waals surface area contributed by atoms with Crippen molar-refractivity contribution in [2.24, 2.45) is 0 Å². The van der Waals surface area contributed by atoms with Crippen molar-refractivity contribution in [2.75, 3.05) is 6.61 Å². The van der Waals surface area contributed by atoms with Gasteiger partial charge >= 0.3 is 5.97 Å². The highest BCUT2D eigenvalue weighted by Gasteiger charge is 2.25. The van der Waals surface area contributed by atoms with Crippen LogP contribution < -0.4 is 5.32 Å². The number of benzene rings is 1. The molecule has 3 rings (SSSR count). The van der Waals surface area contributed by atoms with Crippen LogP contribution in [0.5, 0.6) is 0 Å². The minimum Gasteiger partial charge on any atom is -0.460 e. The summed E-state index contributed by atoms with van der Waals surface area (Å²) >= 11 is 0. The fourth-order valence-corrected chi connectivity index (χ4v) is 2.28. The van der Waals surface area contributed by atoms with Crippen molar-refractivity contribution in [1.29, 1.82) is 0 Å². The van der Waals surface area contributed by atoms with Gasteiger partial charge in [0.15, 0.2) is 0 Å². The minimum atomic E-state index is -0.557. The Morgan fingerprint density at radius 3 is 3.05 bits per heavy atom. The Kier molecular flexibility index (Phi) is 3.47. The van der Waals surface area contributed by atoms with Crippen LogP contribution in [0, 0.1) is 0 Å². The number of carbonyl (C=O) groups excluding carboxylic acids is 1. The van der Waals surface area contributed by atoms with Gasteiger partial charge in [0, 0.05) is 6.54 Å². The maximum Gasteiger partial charge on any atom is 0.379 e. The molecule has 1 aliphatic heterocycles. The van der Waals surface area contributed by atoms with E-state index in [0.29, 0.717) is 5.89 Å². The highest BCUT2D eigenvalue weighted by Crippen LogP contribution is 2.24. The molecule has 1 N–H and O–H groups in total. The molecule has 0 aliphatic carbocycles. The number of nitrogens with one attached hydrogen (secondary N) is 1. The van der Waals surface area contributed by atoms with Gasteiger partial charge < -0.3 is 14.6 Å². The summed E-state index contributed by atoms with van der Waals surface area (Å²) < 4.78 is 10.0. The lowest BCUT2D eigenvalue weighted by Crippen LogP contribution is -2.28. The summed E-state index contributed by atoms with van der Waals surface area (Å²) in [6, 6.07) is 8.15. The molecular weight excluding hydrogens is 258 g/mol. The van der Waals surface area contributed by atoms with E-state index in [1.54, 1.807) is 6.92 Å². The number of carbonyl (C=O) groups is 1. The van der Waals surface area contributed by atoms with Crippen LogP contribution in [0.1, 0.15) is 40.6 Å². The molecule has 1 aromatic heterocycles. The molecule has 0 fully saturated rings. The van der Waals surface area contributed by atoms with Gasteiger partial charge in [-0.05, 0) is 29.6 Å². The highest BCUT2D eigenvalue weighted by atomic mass is 16.5. The summed E-state index contributed by atoms with van der Waals surface area (Å²) in [6.07, 6.45) is 0.765. The third-order valence-electron chi connectivity index (χ3n) is 3.28. The third kappa shape index (κ3) is 2.42. The van der Waals surface area contributed by atoms with Gasteiger partial charge in [-0.2, -0.15) is 4.98 Å². The van der Waals surface area contributed by atoms with E-state index in [1.807, 2.05) is 12.1 Å². The zero-order valence-corrected chi connectivity index (χ0v) is 11.1. The first-order valence-corrected chi connectivity index (χ1v) is 6.59. The number of rotatable bonds is 3. The number of ether oxygens (including phenoxy) is 1. The van der Waals surface area contributed by atoms with E-state index in [1.165, 1.54) is 11.1 Å². The van der Waals surface area contributed by atoms with Gasteiger partial charge in [0.05, 0.1) is 12.6 Å². The molecule has 1 aliphatic rings. The molecule has 0 saturated heterocycles. The monoisotopic (exact) mass is 273 g/mol. The Hall–Kier alpha value is -2.21. The maximum atomic E-state index is 11.5. The Bertz CT molecular complexity index is 624. The largest absolute Gasteiger partial charge is 0.460 e. The lowest BCUT2D eigenvalue weighted by atomic mass is 9.96. The summed E-state index contributed by atoms with van der Waals surface area (Å²) in [4.78, 5) is 15.6. The molecular formula is C14H15N3O3. The van der Waals surface area contributed by atoms with Crippen LogP contribution in [0.25, 0.3) is 0 Å². The number of nitrogens with zero attached hydrogens (tertiary/aromatic N) is 2. The molecule has 2 heterocycles. The van der Waals surface area contributed by atoms with Gasteiger partial charge in [-0.15, -0.1) is 0 Å². The first-order valence-electron chi connectivity index (χ1n) is 6.59. The van der Waals surface area contributed by atoms with E-state index in [2.05, 4.69) is 27.6 Å². The van der Waals surface area contributed by atoms with Crippen molar-refractivity contribution in [3.8, 4) is 0 Å². The van der Waals surface area contributed by atoms with Crippen molar-refractivity contribution in [3.63, 3.8) is 0 Å². The summed E-state index contributed by atoms with van der Waals surface area (Å²) in [5, 5.41) is 6.99. The van der Waals surface area contributed by atoms with Crippen LogP contribution in [0.2, 0.25) is 0 Å². The van der Waals surface area contributed by atoms with E-state index in [-0.39, 0.29) is 18.5 Å². The van der Waals surface area contributed by atoms with Gasteiger partial charge in [-0.3, -0.25) is 0 Å². The minimum absolute atomic E-state index is 0.0255. The number of hydrogen-bond acceptors (Lipinski definition) is 6. The van der Waals surface area contributed by atoms with Gasteiger partial charge in [0.1, 0.15) is 0 Å². The molecule has 0 saturated carbocycles. The zero-order valence-electron chi connectivity index (χ0n) is 11.1. The van der Waals surface area contributed by atoms with Crippen molar-refractivity contribution in [2.45, 2.75) is 25.9 Å². The van der Waals surface area contributed by atoms with Crippen LogP contribution in [0.15, 0.2) is 28.8 Å². The topological polar surface area (TPSA) is 77.2 Å². The molecule has 0 radical (unpaired) electrons. The van der Waals surface area contributed by atoms with E-state index in [4.69, 9.17) is 9.26 Å². The van der Waals surface area contributed by atoms with Crippen LogP contribution in [0.3, 0.4) is 0 Å². The first-order chi connectivity index (χ1) is 9.78. The second-order valence-corrected chi connectivity index (χ2v) is 4.58. The maximum absolute atomic E-state index is 11.5. The first kappa shape index (κ1) is 12.8. The molecule has 20 heavy (non-hydrogen) atoms. The predicted octanol–water partition coefficient (Wildman–Crippen LogP) is 1.63. The van der Waals surface area contributed by atoms with E-state index >= 15 is 0 Å². The fourth-order valence-electron chi connectivity index (χ4n) is 2.28. The summed E-state index contributed by atoms with van der Waals surface area (Å²) in [5.74, 6) is -0.163.